The third kappa shape index (κ3) is 3.44. The van der Waals surface area contributed by atoms with E-state index < -0.39 is 0 Å². The molecule has 17 heavy (non-hydrogen) atoms. The highest BCUT2D eigenvalue weighted by molar-refractivity contribution is 6.30. The van der Waals surface area contributed by atoms with Crippen molar-refractivity contribution in [3.63, 3.8) is 0 Å². The van der Waals surface area contributed by atoms with Gasteiger partial charge in [-0.15, -0.1) is 0 Å². The standard InChI is InChI=1S/C14H21ClN2/c15-13-7-5-12(6-8-13)14(11-16)17-9-3-1-2-4-10-17/h5-8,14H,1-4,9-11,16H2/t14-/m1/s1. The Bertz CT molecular complexity index is 329. The van der Waals surface area contributed by atoms with Crippen molar-refractivity contribution in [3.8, 4) is 0 Å². The Balaban J connectivity index is 2.11. The van der Waals surface area contributed by atoms with Crippen molar-refractivity contribution >= 4 is 11.6 Å². The summed E-state index contributed by atoms with van der Waals surface area (Å²) in [6, 6.07) is 8.47. The second-order valence-corrected chi connectivity index (χ2v) is 5.19. The van der Waals surface area contributed by atoms with Gasteiger partial charge in [-0.2, -0.15) is 0 Å². The molecule has 1 saturated heterocycles. The SMILES string of the molecule is NC[C@H](c1ccc(Cl)cc1)N1CCCCCC1. The van der Waals surface area contributed by atoms with Gasteiger partial charge in [0.15, 0.2) is 0 Å². The van der Waals surface area contributed by atoms with Gasteiger partial charge in [-0.25, -0.2) is 0 Å². The molecule has 0 bridgehead atoms. The first-order chi connectivity index (χ1) is 8.31. The van der Waals surface area contributed by atoms with Gasteiger partial charge in [0.2, 0.25) is 0 Å². The average Bonchev–Trinajstić information content (AvgIpc) is 2.62. The fourth-order valence-electron chi connectivity index (χ4n) is 2.59. The first-order valence-electron chi connectivity index (χ1n) is 6.51. The smallest absolute Gasteiger partial charge is 0.0470 e. The van der Waals surface area contributed by atoms with E-state index in [-0.39, 0.29) is 0 Å². The van der Waals surface area contributed by atoms with Gasteiger partial charge in [-0.3, -0.25) is 4.90 Å². The summed E-state index contributed by atoms with van der Waals surface area (Å²) in [5.74, 6) is 0. The average molecular weight is 253 g/mol. The minimum absolute atomic E-state index is 0.352. The molecule has 1 atom stereocenters. The van der Waals surface area contributed by atoms with E-state index >= 15 is 0 Å². The third-order valence-corrected chi connectivity index (χ3v) is 3.81. The molecular formula is C14H21ClN2. The zero-order chi connectivity index (χ0) is 12.1. The van der Waals surface area contributed by atoms with Crippen LogP contribution < -0.4 is 5.73 Å². The molecule has 0 aromatic heterocycles. The van der Waals surface area contributed by atoms with Gasteiger partial charge in [-0.05, 0) is 43.6 Å². The third-order valence-electron chi connectivity index (χ3n) is 3.56. The molecule has 1 heterocycles. The van der Waals surface area contributed by atoms with Crippen molar-refractivity contribution < 1.29 is 0 Å². The molecule has 1 aliphatic heterocycles. The Morgan fingerprint density at radius 1 is 1.06 bits per heavy atom. The van der Waals surface area contributed by atoms with Crippen LogP contribution >= 0.6 is 11.6 Å². The highest BCUT2D eigenvalue weighted by atomic mass is 35.5. The van der Waals surface area contributed by atoms with Gasteiger partial charge in [0.1, 0.15) is 0 Å². The molecule has 3 heteroatoms. The number of likely N-dealkylation sites (tertiary alicyclic amines) is 1. The lowest BCUT2D eigenvalue weighted by molar-refractivity contribution is 0.210. The van der Waals surface area contributed by atoms with Crippen LogP contribution in [0.3, 0.4) is 0 Å². The number of halogens is 1. The minimum Gasteiger partial charge on any atom is -0.329 e. The molecule has 1 fully saturated rings. The zero-order valence-corrected chi connectivity index (χ0v) is 11.0. The highest BCUT2D eigenvalue weighted by Crippen LogP contribution is 2.24. The van der Waals surface area contributed by atoms with Gasteiger partial charge in [-0.1, -0.05) is 36.6 Å². The quantitative estimate of drug-likeness (QED) is 0.895. The van der Waals surface area contributed by atoms with Crippen molar-refractivity contribution in [2.45, 2.75) is 31.7 Å². The molecule has 0 aliphatic carbocycles. The molecule has 94 valence electrons. The second kappa shape index (κ2) is 6.39. The van der Waals surface area contributed by atoms with Crippen LogP contribution in [-0.4, -0.2) is 24.5 Å². The molecule has 0 radical (unpaired) electrons. The summed E-state index contributed by atoms with van der Waals surface area (Å²) in [5.41, 5.74) is 7.24. The summed E-state index contributed by atoms with van der Waals surface area (Å²) >= 11 is 5.93. The summed E-state index contributed by atoms with van der Waals surface area (Å²) < 4.78 is 0. The lowest BCUT2D eigenvalue weighted by Crippen LogP contribution is -2.34. The van der Waals surface area contributed by atoms with Gasteiger partial charge in [0.25, 0.3) is 0 Å². The fraction of sp³-hybridized carbons (Fsp3) is 0.571. The molecule has 1 aliphatic rings. The highest BCUT2D eigenvalue weighted by Gasteiger charge is 2.19. The first kappa shape index (κ1) is 12.9. The van der Waals surface area contributed by atoms with Gasteiger partial charge < -0.3 is 5.73 Å². The minimum atomic E-state index is 0.352. The predicted molar refractivity (Wildman–Crippen MR) is 73.3 cm³/mol. The van der Waals surface area contributed by atoms with E-state index in [0.717, 1.165) is 5.02 Å². The maximum atomic E-state index is 5.95. The van der Waals surface area contributed by atoms with Gasteiger partial charge in [0, 0.05) is 17.6 Å². The molecule has 0 unspecified atom stereocenters. The molecule has 1 aromatic carbocycles. The lowest BCUT2D eigenvalue weighted by atomic mass is 10.1. The van der Waals surface area contributed by atoms with Crippen molar-refractivity contribution in [2.24, 2.45) is 5.73 Å². The maximum Gasteiger partial charge on any atom is 0.0470 e. The normalized spacial score (nSPS) is 19.9. The Morgan fingerprint density at radius 2 is 1.65 bits per heavy atom. The molecule has 0 amide bonds. The molecule has 1 aromatic rings. The van der Waals surface area contributed by atoms with E-state index in [2.05, 4.69) is 17.0 Å². The van der Waals surface area contributed by atoms with Crippen LogP contribution in [0.2, 0.25) is 5.02 Å². The Labute approximate surface area is 109 Å². The number of hydrogen-bond donors (Lipinski definition) is 1. The number of rotatable bonds is 3. The van der Waals surface area contributed by atoms with Crippen LogP contribution in [0.1, 0.15) is 37.3 Å². The summed E-state index contributed by atoms with van der Waals surface area (Å²) in [5, 5.41) is 0.792. The van der Waals surface area contributed by atoms with Gasteiger partial charge in [0.05, 0.1) is 0 Å². The van der Waals surface area contributed by atoms with E-state index in [0.29, 0.717) is 12.6 Å². The summed E-state index contributed by atoms with van der Waals surface area (Å²) in [7, 11) is 0. The Morgan fingerprint density at radius 3 is 2.18 bits per heavy atom. The predicted octanol–water partition coefficient (Wildman–Crippen LogP) is 3.22. The zero-order valence-electron chi connectivity index (χ0n) is 10.2. The van der Waals surface area contributed by atoms with Crippen LogP contribution in [-0.2, 0) is 0 Å². The molecule has 2 nitrogen and oxygen atoms in total. The largest absolute Gasteiger partial charge is 0.329 e. The van der Waals surface area contributed by atoms with E-state index in [4.69, 9.17) is 17.3 Å². The van der Waals surface area contributed by atoms with E-state index in [1.54, 1.807) is 0 Å². The topological polar surface area (TPSA) is 29.3 Å². The summed E-state index contributed by atoms with van der Waals surface area (Å²) in [6.07, 6.45) is 5.30. The number of benzene rings is 1. The van der Waals surface area contributed by atoms with E-state index in [1.807, 2.05) is 12.1 Å². The summed E-state index contributed by atoms with van der Waals surface area (Å²) in [4.78, 5) is 2.52. The first-order valence-corrected chi connectivity index (χ1v) is 6.88. The van der Waals surface area contributed by atoms with Crippen LogP contribution in [0.4, 0.5) is 0 Å². The van der Waals surface area contributed by atoms with Crippen molar-refractivity contribution in [1.82, 2.24) is 4.90 Å². The van der Waals surface area contributed by atoms with Crippen molar-refractivity contribution in [1.29, 1.82) is 0 Å². The number of nitrogens with two attached hydrogens (primary N) is 1. The monoisotopic (exact) mass is 252 g/mol. The molecule has 2 rings (SSSR count). The van der Waals surface area contributed by atoms with Crippen LogP contribution in [0, 0.1) is 0 Å². The molecule has 0 saturated carbocycles. The molecule has 0 spiro atoms. The van der Waals surface area contributed by atoms with E-state index in [9.17, 15) is 0 Å². The maximum absolute atomic E-state index is 5.95. The van der Waals surface area contributed by atoms with Gasteiger partial charge >= 0.3 is 0 Å². The van der Waals surface area contributed by atoms with E-state index in [1.165, 1.54) is 44.3 Å². The van der Waals surface area contributed by atoms with Crippen LogP contribution in [0.5, 0.6) is 0 Å². The number of hydrogen-bond acceptors (Lipinski definition) is 2. The second-order valence-electron chi connectivity index (χ2n) is 4.75. The molecule has 2 N–H and O–H groups in total. The van der Waals surface area contributed by atoms with Crippen molar-refractivity contribution in [3.05, 3.63) is 34.9 Å². The number of nitrogens with zero attached hydrogens (tertiary/aromatic N) is 1. The van der Waals surface area contributed by atoms with Crippen LogP contribution in [0.25, 0.3) is 0 Å². The Kier molecular flexibility index (Phi) is 4.84. The molecular weight excluding hydrogens is 232 g/mol. The van der Waals surface area contributed by atoms with Crippen LogP contribution in [0.15, 0.2) is 24.3 Å². The Hall–Kier alpha value is -0.570. The van der Waals surface area contributed by atoms with Crippen molar-refractivity contribution in [2.75, 3.05) is 19.6 Å². The summed E-state index contributed by atoms with van der Waals surface area (Å²) in [6.45, 7) is 3.02. The lowest BCUT2D eigenvalue weighted by Gasteiger charge is -2.30. The fourth-order valence-corrected chi connectivity index (χ4v) is 2.71.